The molecule has 1 heterocycles. The molecule has 1 aromatic rings. The van der Waals surface area contributed by atoms with Crippen LogP contribution in [0.1, 0.15) is 46.6 Å². The van der Waals surface area contributed by atoms with Crippen LogP contribution in [0.2, 0.25) is 0 Å². The molecule has 31 heavy (non-hydrogen) atoms. The maximum Gasteiger partial charge on any atom is 0.335 e. The van der Waals surface area contributed by atoms with Gasteiger partial charge in [-0.15, -0.1) is 0 Å². The summed E-state index contributed by atoms with van der Waals surface area (Å²) in [4.78, 5) is 41.3. The highest BCUT2D eigenvalue weighted by Crippen LogP contribution is 2.65. The Balaban J connectivity index is 1.38. The number of allylic oxidation sites excluding steroid dienone is 2. The Hall–Kier alpha value is -2.43. The van der Waals surface area contributed by atoms with Gasteiger partial charge < -0.3 is 4.74 Å². The van der Waals surface area contributed by atoms with E-state index in [9.17, 15) is 14.4 Å². The standard InChI is InChI=1S/C26H31NO4/c1-13(2)22(25(30)31-15-8-6-14(7-9-15)26(3,4)5)27-23(28)20-16-10-11-17(19-12-18(16)19)21(20)24(27)29/h6-11,13,16-22H,12H2,1-5H3/t16-,17-,18-,19-,20-,21+,22-/m0/s1. The molecule has 0 spiro atoms. The molecule has 2 saturated carbocycles. The third kappa shape index (κ3) is 3.07. The Bertz CT molecular complexity index is 934. The van der Waals surface area contributed by atoms with E-state index in [2.05, 4.69) is 32.9 Å². The van der Waals surface area contributed by atoms with E-state index < -0.39 is 12.0 Å². The highest BCUT2D eigenvalue weighted by Gasteiger charge is 2.68. The highest BCUT2D eigenvalue weighted by molar-refractivity contribution is 6.09. The number of esters is 1. The van der Waals surface area contributed by atoms with Crippen molar-refractivity contribution in [3.63, 3.8) is 0 Å². The third-order valence-corrected chi connectivity index (χ3v) is 7.79. The quantitative estimate of drug-likeness (QED) is 0.319. The molecule has 1 aromatic carbocycles. The second kappa shape index (κ2) is 6.78. The number of ether oxygens (including phenoxy) is 1. The van der Waals surface area contributed by atoms with E-state index in [-0.39, 0.29) is 46.8 Å². The lowest BCUT2D eigenvalue weighted by molar-refractivity contribution is -0.155. The van der Waals surface area contributed by atoms with Gasteiger partial charge in [-0.25, -0.2) is 4.79 Å². The number of imide groups is 1. The van der Waals surface area contributed by atoms with E-state index in [4.69, 9.17) is 4.74 Å². The summed E-state index contributed by atoms with van der Waals surface area (Å²) in [5.41, 5.74) is 1.14. The molecule has 0 unspecified atom stereocenters. The van der Waals surface area contributed by atoms with E-state index in [1.807, 2.05) is 26.0 Å². The summed E-state index contributed by atoms with van der Waals surface area (Å²) in [7, 11) is 0. The lowest BCUT2D eigenvalue weighted by Gasteiger charge is -2.37. The normalized spacial score (nSPS) is 34.1. The van der Waals surface area contributed by atoms with Crippen molar-refractivity contribution in [1.29, 1.82) is 0 Å². The van der Waals surface area contributed by atoms with Crippen molar-refractivity contribution in [2.45, 2.75) is 52.5 Å². The molecule has 0 radical (unpaired) electrons. The zero-order valence-electron chi connectivity index (χ0n) is 18.9. The largest absolute Gasteiger partial charge is 0.425 e. The summed E-state index contributed by atoms with van der Waals surface area (Å²) >= 11 is 0. The van der Waals surface area contributed by atoms with Crippen molar-refractivity contribution >= 4 is 17.8 Å². The van der Waals surface area contributed by atoms with Gasteiger partial charge in [-0.2, -0.15) is 0 Å². The highest BCUT2D eigenvalue weighted by atomic mass is 16.5. The van der Waals surface area contributed by atoms with E-state index in [1.165, 1.54) is 4.90 Å². The first-order valence-corrected chi connectivity index (χ1v) is 11.5. The maximum atomic E-state index is 13.4. The van der Waals surface area contributed by atoms with E-state index in [0.717, 1.165) is 12.0 Å². The Morgan fingerprint density at radius 1 is 0.968 bits per heavy atom. The summed E-state index contributed by atoms with van der Waals surface area (Å²) < 4.78 is 5.67. The molecule has 7 atom stereocenters. The summed E-state index contributed by atoms with van der Waals surface area (Å²) in [6.07, 6.45) is 5.42. The van der Waals surface area contributed by atoms with Crippen LogP contribution in [-0.2, 0) is 19.8 Å². The van der Waals surface area contributed by atoms with Crippen LogP contribution in [0.3, 0.4) is 0 Å². The Kier molecular flexibility index (Phi) is 4.48. The van der Waals surface area contributed by atoms with Crippen LogP contribution < -0.4 is 4.74 Å². The van der Waals surface area contributed by atoms with Gasteiger partial charge in [-0.3, -0.25) is 14.5 Å². The second-order valence-electron chi connectivity index (χ2n) is 11.1. The van der Waals surface area contributed by atoms with Crippen LogP contribution in [0.25, 0.3) is 0 Å². The zero-order valence-corrected chi connectivity index (χ0v) is 18.9. The number of likely N-dealkylation sites (tertiary alicyclic amines) is 1. The fourth-order valence-corrected chi connectivity index (χ4v) is 6.13. The zero-order chi connectivity index (χ0) is 22.2. The molecule has 164 valence electrons. The number of amides is 2. The van der Waals surface area contributed by atoms with Crippen LogP contribution in [0, 0.1) is 41.4 Å². The van der Waals surface area contributed by atoms with Crippen LogP contribution in [-0.4, -0.2) is 28.7 Å². The summed E-state index contributed by atoms with van der Waals surface area (Å²) in [6.45, 7) is 10.1. The number of hydrogen-bond donors (Lipinski definition) is 0. The second-order valence-corrected chi connectivity index (χ2v) is 11.1. The molecule has 3 fully saturated rings. The fraction of sp³-hybridized carbons (Fsp3) is 0.577. The number of benzene rings is 1. The molecule has 5 nitrogen and oxygen atoms in total. The van der Waals surface area contributed by atoms with Gasteiger partial charge in [0.1, 0.15) is 11.8 Å². The van der Waals surface area contributed by atoms with Gasteiger partial charge >= 0.3 is 5.97 Å². The van der Waals surface area contributed by atoms with E-state index in [1.54, 1.807) is 12.1 Å². The van der Waals surface area contributed by atoms with E-state index in [0.29, 0.717) is 17.6 Å². The molecule has 6 rings (SSSR count). The van der Waals surface area contributed by atoms with Gasteiger partial charge in [0.05, 0.1) is 11.8 Å². The summed E-state index contributed by atoms with van der Waals surface area (Å²) in [5, 5.41) is 0. The third-order valence-electron chi connectivity index (χ3n) is 7.79. The topological polar surface area (TPSA) is 63.7 Å². The lowest BCUT2D eigenvalue weighted by Crippen LogP contribution is -2.50. The monoisotopic (exact) mass is 421 g/mol. The predicted molar refractivity (Wildman–Crippen MR) is 116 cm³/mol. The molecule has 2 bridgehead atoms. The van der Waals surface area contributed by atoms with E-state index >= 15 is 0 Å². The summed E-state index contributed by atoms with van der Waals surface area (Å²) in [6, 6.07) is 6.55. The van der Waals surface area contributed by atoms with Gasteiger partial charge in [-0.05, 0) is 59.1 Å². The van der Waals surface area contributed by atoms with Gasteiger partial charge in [0.25, 0.3) is 0 Å². The van der Waals surface area contributed by atoms with Crippen LogP contribution in [0.4, 0.5) is 0 Å². The van der Waals surface area contributed by atoms with Crippen LogP contribution in [0.5, 0.6) is 5.75 Å². The molecular weight excluding hydrogens is 390 g/mol. The fourth-order valence-electron chi connectivity index (χ4n) is 6.13. The summed E-state index contributed by atoms with van der Waals surface area (Å²) in [5.74, 6) is 0.0829. The van der Waals surface area contributed by atoms with Crippen LogP contribution >= 0.6 is 0 Å². The minimum atomic E-state index is -0.899. The smallest absolute Gasteiger partial charge is 0.335 e. The molecule has 0 aromatic heterocycles. The average Bonchev–Trinajstić information content (AvgIpc) is 3.48. The molecule has 1 aliphatic heterocycles. The molecule has 5 aliphatic rings. The number of nitrogens with zero attached hydrogens (tertiary/aromatic N) is 1. The average molecular weight is 422 g/mol. The Labute approximate surface area is 183 Å². The number of carbonyl (C=O) groups excluding carboxylic acids is 3. The van der Waals surface area contributed by atoms with Crippen molar-refractivity contribution < 1.29 is 19.1 Å². The predicted octanol–water partition coefficient (Wildman–Crippen LogP) is 3.97. The van der Waals surface area contributed by atoms with Crippen LogP contribution in [0.15, 0.2) is 36.4 Å². The molecule has 4 aliphatic carbocycles. The molecule has 5 heteroatoms. The molecule has 2 amide bonds. The molecular formula is C26H31NO4. The molecule has 0 N–H and O–H groups in total. The Morgan fingerprint density at radius 3 is 1.94 bits per heavy atom. The number of rotatable bonds is 4. The van der Waals surface area contributed by atoms with Crippen molar-refractivity contribution in [3.05, 3.63) is 42.0 Å². The van der Waals surface area contributed by atoms with Crippen molar-refractivity contribution in [2.24, 2.45) is 41.4 Å². The molecule has 1 saturated heterocycles. The van der Waals surface area contributed by atoms with Gasteiger partial charge in [0, 0.05) is 0 Å². The van der Waals surface area contributed by atoms with Crippen molar-refractivity contribution in [1.82, 2.24) is 4.90 Å². The van der Waals surface area contributed by atoms with Crippen molar-refractivity contribution in [2.75, 3.05) is 0 Å². The number of carbonyl (C=O) groups is 3. The maximum absolute atomic E-state index is 13.4. The number of hydrogen-bond acceptors (Lipinski definition) is 4. The minimum Gasteiger partial charge on any atom is -0.425 e. The van der Waals surface area contributed by atoms with Gasteiger partial charge in [0.2, 0.25) is 11.8 Å². The lowest BCUT2D eigenvalue weighted by atomic mass is 9.63. The first-order valence-electron chi connectivity index (χ1n) is 11.5. The minimum absolute atomic E-state index is 0.00177. The first kappa shape index (κ1) is 20.5. The van der Waals surface area contributed by atoms with Crippen molar-refractivity contribution in [3.8, 4) is 5.75 Å². The SMILES string of the molecule is CC(C)[C@@H](C(=O)Oc1ccc(C(C)(C)C)cc1)N1C(=O)[C@@H]2[C@H]3C=C[C@@H]([C@@H]4C[C@@H]34)[C@@H]2C1=O. The first-order chi connectivity index (χ1) is 14.6. The Morgan fingerprint density at radius 2 is 1.48 bits per heavy atom. The van der Waals surface area contributed by atoms with Gasteiger partial charge in [-0.1, -0.05) is 58.9 Å². The van der Waals surface area contributed by atoms with Gasteiger partial charge in [0.15, 0.2) is 0 Å².